The van der Waals surface area contributed by atoms with Gasteiger partial charge in [-0.2, -0.15) is 0 Å². The van der Waals surface area contributed by atoms with Crippen LogP contribution in [0.5, 0.6) is 0 Å². The third-order valence-electron chi connectivity index (χ3n) is 2.86. The van der Waals surface area contributed by atoms with Gasteiger partial charge in [0.15, 0.2) is 0 Å². The quantitative estimate of drug-likeness (QED) is 0.640. The Morgan fingerprint density at radius 1 is 1.22 bits per heavy atom. The highest BCUT2D eigenvalue weighted by Crippen LogP contribution is 2.24. The Hall–Kier alpha value is -1.69. The molecule has 2 N–H and O–H groups in total. The summed E-state index contributed by atoms with van der Waals surface area (Å²) < 4.78 is 11.4. The zero-order valence-electron chi connectivity index (χ0n) is 10.0. The molecule has 18 heavy (non-hydrogen) atoms. The fourth-order valence-corrected chi connectivity index (χ4v) is 2.52. The summed E-state index contributed by atoms with van der Waals surface area (Å²) in [4.78, 5) is 25.1. The van der Waals surface area contributed by atoms with Crippen molar-refractivity contribution in [2.24, 2.45) is 0 Å². The van der Waals surface area contributed by atoms with Gasteiger partial charge in [-0.05, 0) is 18.2 Å². The van der Waals surface area contributed by atoms with Crippen LogP contribution in [0.2, 0.25) is 0 Å². The first-order valence-electron chi connectivity index (χ1n) is 5.65. The van der Waals surface area contributed by atoms with Gasteiger partial charge in [0.25, 0.3) is 11.8 Å². The number of anilines is 1. The van der Waals surface area contributed by atoms with Crippen molar-refractivity contribution in [2.75, 3.05) is 23.8 Å². The van der Waals surface area contributed by atoms with E-state index in [-0.39, 0.29) is 18.4 Å². The molecule has 0 aliphatic carbocycles. The van der Waals surface area contributed by atoms with E-state index in [9.17, 15) is 13.8 Å². The molecule has 0 radical (unpaired) electrons. The number of hydrogen-bond donors (Lipinski definition) is 1. The molecule has 6 heteroatoms. The second kappa shape index (κ2) is 4.89. The number of benzene rings is 1. The van der Waals surface area contributed by atoms with Crippen LogP contribution in [0, 0.1) is 0 Å². The third-order valence-corrected chi connectivity index (χ3v) is 4.14. The lowest BCUT2D eigenvalue weighted by Gasteiger charge is -2.12. The lowest BCUT2D eigenvalue weighted by molar-refractivity contribution is 0.0664. The van der Waals surface area contributed by atoms with Gasteiger partial charge in [0.05, 0.1) is 11.1 Å². The fraction of sp³-hybridized carbons (Fsp3) is 0.333. The van der Waals surface area contributed by atoms with Crippen molar-refractivity contribution in [3.05, 3.63) is 29.3 Å². The number of nitrogens with zero attached hydrogens (tertiary/aromatic N) is 1. The third kappa shape index (κ3) is 2.15. The van der Waals surface area contributed by atoms with E-state index < -0.39 is 10.8 Å². The fourth-order valence-electron chi connectivity index (χ4n) is 1.85. The van der Waals surface area contributed by atoms with Gasteiger partial charge in [-0.25, -0.2) is 0 Å². The van der Waals surface area contributed by atoms with E-state index >= 15 is 0 Å². The van der Waals surface area contributed by atoms with Gasteiger partial charge in [-0.3, -0.25) is 18.7 Å². The molecule has 2 rings (SSSR count). The minimum atomic E-state index is -0.993. The van der Waals surface area contributed by atoms with Crippen LogP contribution in [0.15, 0.2) is 18.2 Å². The first-order valence-corrected chi connectivity index (χ1v) is 7.14. The van der Waals surface area contributed by atoms with Crippen molar-refractivity contribution in [3.63, 3.8) is 0 Å². The molecule has 1 aliphatic heterocycles. The predicted octanol–water partition coefficient (Wildman–Crippen LogP) is 0.633. The van der Waals surface area contributed by atoms with Crippen LogP contribution in [0.3, 0.4) is 0 Å². The summed E-state index contributed by atoms with van der Waals surface area (Å²) in [5, 5.41) is 0. The molecule has 0 bridgehead atoms. The van der Waals surface area contributed by atoms with E-state index in [1.54, 1.807) is 19.1 Å². The van der Waals surface area contributed by atoms with Crippen LogP contribution in [-0.4, -0.2) is 39.0 Å². The van der Waals surface area contributed by atoms with Crippen LogP contribution in [0.4, 0.5) is 5.69 Å². The summed E-state index contributed by atoms with van der Waals surface area (Å²) in [5.74, 6) is 0.159. The molecule has 0 aromatic heterocycles. The van der Waals surface area contributed by atoms with Crippen molar-refractivity contribution < 1.29 is 13.8 Å². The van der Waals surface area contributed by atoms with Crippen molar-refractivity contribution >= 4 is 28.3 Å². The van der Waals surface area contributed by atoms with Gasteiger partial charge in [0.1, 0.15) is 0 Å². The Morgan fingerprint density at radius 3 is 2.56 bits per heavy atom. The largest absolute Gasteiger partial charge is 0.399 e. The zero-order valence-corrected chi connectivity index (χ0v) is 10.8. The van der Waals surface area contributed by atoms with Crippen molar-refractivity contribution in [1.29, 1.82) is 0 Å². The molecule has 1 atom stereocenters. The number of carbonyl (C=O) groups excluding carboxylic acids is 2. The van der Waals surface area contributed by atoms with Gasteiger partial charge < -0.3 is 5.73 Å². The van der Waals surface area contributed by atoms with Gasteiger partial charge in [0, 0.05) is 34.5 Å². The number of hydrogen-bond acceptors (Lipinski definition) is 4. The van der Waals surface area contributed by atoms with Crippen molar-refractivity contribution in [2.45, 2.75) is 6.92 Å². The summed E-state index contributed by atoms with van der Waals surface area (Å²) in [6, 6.07) is 4.66. The number of rotatable bonds is 4. The number of carbonyl (C=O) groups is 2. The molecule has 5 nitrogen and oxygen atoms in total. The lowest BCUT2D eigenvalue weighted by Crippen LogP contribution is -2.33. The maximum Gasteiger partial charge on any atom is 0.261 e. The smallest absolute Gasteiger partial charge is 0.261 e. The molecular weight excluding hydrogens is 252 g/mol. The number of amides is 2. The molecule has 0 saturated heterocycles. The van der Waals surface area contributed by atoms with Crippen LogP contribution in [0.1, 0.15) is 27.6 Å². The van der Waals surface area contributed by atoms with E-state index in [2.05, 4.69) is 0 Å². The molecule has 1 heterocycles. The molecular formula is C12H14N2O3S. The van der Waals surface area contributed by atoms with Crippen LogP contribution >= 0.6 is 0 Å². The Bertz CT molecular complexity index is 542. The van der Waals surface area contributed by atoms with E-state index in [1.165, 1.54) is 6.07 Å². The summed E-state index contributed by atoms with van der Waals surface area (Å²) >= 11 is 0. The monoisotopic (exact) mass is 266 g/mol. The van der Waals surface area contributed by atoms with E-state index in [1.807, 2.05) is 0 Å². The van der Waals surface area contributed by atoms with E-state index in [0.29, 0.717) is 28.3 Å². The molecule has 1 aromatic rings. The predicted molar refractivity (Wildman–Crippen MR) is 69.8 cm³/mol. The topological polar surface area (TPSA) is 80.5 Å². The second-order valence-electron chi connectivity index (χ2n) is 4.00. The molecule has 0 fully saturated rings. The average Bonchev–Trinajstić information content (AvgIpc) is 2.59. The molecule has 0 saturated carbocycles. The Balaban J connectivity index is 2.21. The first kappa shape index (κ1) is 12.8. The highest BCUT2D eigenvalue weighted by molar-refractivity contribution is 7.84. The lowest BCUT2D eigenvalue weighted by atomic mass is 10.1. The summed E-state index contributed by atoms with van der Waals surface area (Å²) in [6.07, 6.45) is 0. The summed E-state index contributed by atoms with van der Waals surface area (Å²) in [7, 11) is -0.993. The number of fused-ring (bicyclic) bond motifs is 1. The van der Waals surface area contributed by atoms with Gasteiger partial charge in [0.2, 0.25) is 0 Å². The molecule has 2 amide bonds. The molecule has 0 spiro atoms. The van der Waals surface area contributed by atoms with Crippen LogP contribution in [-0.2, 0) is 10.8 Å². The van der Waals surface area contributed by atoms with E-state index in [0.717, 1.165) is 4.90 Å². The average molecular weight is 266 g/mol. The van der Waals surface area contributed by atoms with Crippen LogP contribution < -0.4 is 5.73 Å². The van der Waals surface area contributed by atoms with Crippen molar-refractivity contribution in [1.82, 2.24) is 4.90 Å². The Morgan fingerprint density at radius 2 is 1.89 bits per heavy atom. The molecule has 1 aromatic carbocycles. The zero-order chi connectivity index (χ0) is 13.3. The Kier molecular flexibility index (Phi) is 3.47. The SMILES string of the molecule is CCS(=O)CCN1C(=O)c2ccc(N)cc2C1=O. The summed E-state index contributed by atoms with van der Waals surface area (Å²) in [6.45, 7) is 1.99. The second-order valence-corrected chi connectivity index (χ2v) is 5.86. The minimum absolute atomic E-state index is 0.187. The van der Waals surface area contributed by atoms with E-state index in [4.69, 9.17) is 5.73 Å². The highest BCUT2D eigenvalue weighted by atomic mass is 32.2. The Labute approximate surface area is 107 Å². The molecule has 1 unspecified atom stereocenters. The normalized spacial score (nSPS) is 15.9. The van der Waals surface area contributed by atoms with Gasteiger partial charge >= 0.3 is 0 Å². The molecule has 96 valence electrons. The van der Waals surface area contributed by atoms with Gasteiger partial charge in [-0.1, -0.05) is 6.92 Å². The van der Waals surface area contributed by atoms with Gasteiger partial charge in [-0.15, -0.1) is 0 Å². The standard InChI is InChI=1S/C12H14N2O3S/c1-2-18(17)6-5-14-11(15)9-4-3-8(13)7-10(9)12(14)16/h3-4,7H,2,5-6,13H2,1H3. The first-order chi connectivity index (χ1) is 8.54. The molecule has 1 aliphatic rings. The maximum atomic E-state index is 12.0. The van der Waals surface area contributed by atoms with Crippen LogP contribution in [0.25, 0.3) is 0 Å². The van der Waals surface area contributed by atoms with Crippen molar-refractivity contribution in [3.8, 4) is 0 Å². The number of nitrogens with two attached hydrogens (primary N) is 1. The number of imide groups is 1. The summed E-state index contributed by atoms with van der Waals surface area (Å²) in [5.41, 5.74) is 6.76. The minimum Gasteiger partial charge on any atom is -0.399 e. The highest BCUT2D eigenvalue weighted by Gasteiger charge is 2.35. The number of nitrogen functional groups attached to an aromatic ring is 1. The maximum absolute atomic E-state index is 12.0.